The van der Waals surface area contributed by atoms with Crippen LogP contribution < -0.4 is 0 Å². The largest absolute Gasteiger partial charge is 0.452 e. The van der Waals surface area contributed by atoms with Gasteiger partial charge in [0.15, 0.2) is 19.1 Å². The number of ether oxygens (including phenoxy) is 2. The van der Waals surface area contributed by atoms with Crippen molar-refractivity contribution in [2.75, 3.05) is 13.2 Å². The Bertz CT molecular complexity index is 364. The number of carbonyl (C=O) groups is 2. The second-order valence-corrected chi connectivity index (χ2v) is 2.87. The molecule has 0 unspecified atom stereocenters. The Kier molecular flexibility index (Phi) is 7.55. The van der Waals surface area contributed by atoms with E-state index in [4.69, 9.17) is 18.1 Å². The van der Waals surface area contributed by atoms with Crippen molar-refractivity contribution in [3.63, 3.8) is 0 Å². The summed E-state index contributed by atoms with van der Waals surface area (Å²) in [6.07, 6.45) is 9.87. The van der Waals surface area contributed by atoms with E-state index in [1.165, 1.54) is 0 Å². The van der Waals surface area contributed by atoms with Crippen molar-refractivity contribution in [3.8, 4) is 30.8 Å². The molecule has 0 radical (unpaired) electrons. The number of carbonyl (C=O) groups excluding carboxylic acids is 2. The van der Waals surface area contributed by atoms with Crippen LogP contribution in [0.2, 0.25) is 0 Å². The van der Waals surface area contributed by atoms with Gasteiger partial charge in [-0.25, -0.2) is 0 Å². The molecule has 0 rings (SSSR count). The zero-order valence-corrected chi connectivity index (χ0v) is 9.14. The van der Waals surface area contributed by atoms with Gasteiger partial charge in [0.05, 0.1) is 6.07 Å². The molecular formula is C12H11NO4. The molecule has 0 bridgehead atoms. The van der Waals surface area contributed by atoms with Crippen LogP contribution in [0.1, 0.15) is 12.8 Å². The number of nitriles is 1. The zero-order valence-electron chi connectivity index (χ0n) is 9.14. The molecule has 0 amide bonds. The summed E-state index contributed by atoms with van der Waals surface area (Å²) in [5.41, 5.74) is 0. The van der Waals surface area contributed by atoms with Gasteiger partial charge in [0.25, 0.3) is 0 Å². The van der Waals surface area contributed by atoms with E-state index in [0.29, 0.717) is 0 Å². The van der Waals surface area contributed by atoms with Crippen LogP contribution in [0.3, 0.4) is 0 Å². The highest BCUT2D eigenvalue weighted by Crippen LogP contribution is 2.11. The summed E-state index contributed by atoms with van der Waals surface area (Å²) < 4.78 is 9.23. The van der Waals surface area contributed by atoms with Gasteiger partial charge < -0.3 is 9.47 Å². The van der Waals surface area contributed by atoms with Crippen molar-refractivity contribution in [1.82, 2.24) is 0 Å². The quantitative estimate of drug-likeness (QED) is 0.373. The minimum absolute atomic E-state index is 0.0172. The van der Waals surface area contributed by atoms with Gasteiger partial charge in [-0.1, -0.05) is 11.8 Å². The van der Waals surface area contributed by atoms with Gasteiger partial charge in [-0.3, -0.25) is 9.59 Å². The van der Waals surface area contributed by atoms with E-state index in [-0.39, 0.29) is 26.1 Å². The van der Waals surface area contributed by atoms with Crippen LogP contribution in [0.15, 0.2) is 0 Å². The summed E-state index contributed by atoms with van der Waals surface area (Å²) in [7, 11) is 0. The fourth-order valence-corrected chi connectivity index (χ4v) is 0.968. The molecule has 0 aromatic heterocycles. The van der Waals surface area contributed by atoms with Gasteiger partial charge >= 0.3 is 11.9 Å². The number of terminal acetylenes is 2. The summed E-state index contributed by atoms with van der Waals surface area (Å²) >= 11 is 0. The molecule has 0 aromatic rings. The molecule has 0 saturated heterocycles. The summed E-state index contributed by atoms with van der Waals surface area (Å²) in [5, 5.41) is 8.41. The summed E-state index contributed by atoms with van der Waals surface area (Å²) in [4.78, 5) is 22.9. The summed E-state index contributed by atoms with van der Waals surface area (Å²) in [5.74, 6) is 1.43. The van der Waals surface area contributed by atoms with Crippen LogP contribution in [-0.2, 0) is 19.1 Å². The molecule has 0 fully saturated rings. The first-order valence-electron chi connectivity index (χ1n) is 4.74. The molecular weight excluding hydrogens is 222 g/mol. The maximum Gasteiger partial charge on any atom is 0.321 e. The van der Waals surface area contributed by atoms with Crippen molar-refractivity contribution in [2.45, 2.75) is 12.8 Å². The Hall–Kier alpha value is -2.45. The second-order valence-electron chi connectivity index (χ2n) is 2.87. The third kappa shape index (κ3) is 5.87. The van der Waals surface area contributed by atoms with Crippen LogP contribution in [0, 0.1) is 41.9 Å². The average Bonchev–Trinajstić information content (AvgIpc) is 2.34. The Labute approximate surface area is 99.7 Å². The summed E-state index contributed by atoms with van der Waals surface area (Å²) in [6, 6.07) is 1.82. The third-order valence-electron chi connectivity index (χ3n) is 1.71. The SMILES string of the molecule is C#CCOC(=O)C(CCC#N)C(=O)OCC#C. The number of rotatable bonds is 6. The second kappa shape index (κ2) is 8.83. The standard InChI is InChI=1S/C12H11NO4/c1-3-8-16-11(14)10(6-5-7-13)12(15)17-9-4-2/h1-2,10H,5-6,8-9H2. The maximum absolute atomic E-state index is 11.4. The lowest BCUT2D eigenvalue weighted by atomic mass is 10.0. The van der Waals surface area contributed by atoms with Crippen LogP contribution in [0.25, 0.3) is 0 Å². The molecule has 0 aliphatic heterocycles. The van der Waals surface area contributed by atoms with Crippen molar-refractivity contribution in [3.05, 3.63) is 0 Å². The van der Waals surface area contributed by atoms with E-state index in [0.717, 1.165) is 0 Å². The fourth-order valence-electron chi connectivity index (χ4n) is 0.968. The lowest BCUT2D eigenvalue weighted by Crippen LogP contribution is -2.28. The van der Waals surface area contributed by atoms with Crippen LogP contribution in [-0.4, -0.2) is 25.2 Å². The van der Waals surface area contributed by atoms with E-state index >= 15 is 0 Å². The van der Waals surface area contributed by atoms with Crippen LogP contribution >= 0.6 is 0 Å². The predicted molar refractivity (Wildman–Crippen MR) is 57.9 cm³/mol. The van der Waals surface area contributed by atoms with Crippen LogP contribution in [0.4, 0.5) is 0 Å². The molecule has 0 atom stereocenters. The first kappa shape index (κ1) is 14.6. The monoisotopic (exact) mass is 233 g/mol. The zero-order chi connectivity index (χ0) is 13.1. The molecule has 0 aliphatic carbocycles. The molecule has 5 nitrogen and oxygen atoms in total. The van der Waals surface area contributed by atoms with Gasteiger partial charge in [0, 0.05) is 6.42 Å². The maximum atomic E-state index is 11.4. The normalized spacial score (nSPS) is 8.59. The number of hydrogen-bond acceptors (Lipinski definition) is 5. The van der Waals surface area contributed by atoms with Crippen molar-refractivity contribution in [1.29, 1.82) is 5.26 Å². The smallest absolute Gasteiger partial charge is 0.321 e. The molecule has 0 N–H and O–H groups in total. The third-order valence-corrected chi connectivity index (χ3v) is 1.71. The van der Waals surface area contributed by atoms with Crippen molar-refractivity contribution in [2.24, 2.45) is 5.92 Å². The first-order chi connectivity index (χ1) is 8.17. The number of hydrogen-bond donors (Lipinski definition) is 0. The van der Waals surface area contributed by atoms with E-state index in [9.17, 15) is 9.59 Å². The predicted octanol–water partition coefficient (Wildman–Crippen LogP) is 0.259. The fraction of sp³-hybridized carbons (Fsp3) is 0.417. The minimum Gasteiger partial charge on any atom is -0.452 e. The van der Waals surface area contributed by atoms with E-state index < -0.39 is 17.9 Å². The van der Waals surface area contributed by atoms with Crippen molar-refractivity contribution >= 4 is 11.9 Å². The minimum atomic E-state index is -1.16. The molecule has 17 heavy (non-hydrogen) atoms. The van der Waals surface area contributed by atoms with E-state index in [2.05, 4.69) is 21.3 Å². The van der Waals surface area contributed by atoms with Gasteiger partial charge in [0.1, 0.15) is 0 Å². The van der Waals surface area contributed by atoms with Gasteiger partial charge in [-0.05, 0) is 6.42 Å². The van der Waals surface area contributed by atoms with Crippen molar-refractivity contribution < 1.29 is 19.1 Å². The van der Waals surface area contributed by atoms with E-state index in [1.807, 2.05) is 6.07 Å². The molecule has 0 aliphatic rings. The first-order valence-corrected chi connectivity index (χ1v) is 4.74. The van der Waals surface area contributed by atoms with E-state index in [1.54, 1.807) is 0 Å². The Morgan fingerprint density at radius 1 is 1.12 bits per heavy atom. The Balaban J connectivity index is 4.48. The lowest BCUT2D eigenvalue weighted by molar-refractivity contribution is -0.160. The highest BCUT2D eigenvalue weighted by molar-refractivity contribution is 5.95. The Morgan fingerprint density at radius 3 is 1.94 bits per heavy atom. The van der Waals surface area contributed by atoms with Gasteiger partial charge in [0.2, 0.25) is 0 Å². The Morgan fingerprint density at radius 2 is 1.59 bits per heavy atom. The summed E-state index contributed by atoms with van der Waals surface area (Å²) in [6.45, 7) is -0.464. The van der Waals surface area contributed by atoms with Gasteiger partial charge in [-0.2, -0.15) is 5.26 Å². The molecule has 0 saturated carbocycles. The highest BCUT2D eigenvalue weighted by atomic mass is 16.6. The molecule has 5 heteroatoms. The molecule has 0 aromatic carbocycles. The average molecular weight is 233 g/mol. The number of esters is 2. The molecule has 88 valence electrons. The van der Waals surface area contributed by atoms with Crippen LogP contribution in [0.5, 0.6) is 0 Å². The topological polar surface area (TPSA) is 76.4 Å². The highest BCUT2D eigenvalue weighted by Gasteiger charge is 2.29. The lowest BCUT2D eigenvalue weighted by Gasteiger charge is -2.11. The number of nitrogens with zero attached hydrogens (tertiary/aromatic N) is 1. The van der Waals surface area contributed by atoms with Gasteiger partial charge in [-0.15, -0.1) is 12.8 Å². The molecule has 0 heterocycles. The molecule has 0 spiro atoms.